The van der Waals surface area contributed by atoms with Crippen LogP contribution in [0.4, 0.5) is 0 Å². The second-order valence-corrected chi connectivity index (χ2v) is 10.6. The molecule has 0 amide bonds. The summed E-state index contributed by atoms with van der Waals surface area (Å²) in [4.78, 5) is 22.6. The van der Waals surface area contributed by atoms with Gasteiger partial charge in [0.15, 0.2) is 22.5 Å². The van der Waals surface area contributed by atoms with E-state index >= 15 is 0 Å². The van der Waals surface area contributed by atoms with E-state index < -0.39 is 0 Å². The van der Waals surface area contributed by atoms with E-state index in [4.69, 9.17) is 9.72 Å². The van der Waals surface area contributed by atoms with E-state index in [9.17, 15) is 4.79 Å². The fraction of sp³-hybridized carbons (Fsp3) is 0.409. The number of carbonyl (C=O) groups excluding carboxylic acids is 1. The van der Waals surface area contributed by atoms with Crippen molar-refractivity contribution in [2.45, 2.75) is 45.1 Å². The van der Waals surface area contributed by atoms with Gasteiger partial charge in [0.1, 0.15) is 21.7 Å². The molecule has 5 heterocycles. The lowest BCUT2D eigenvalue weighted by molar-refractivity contribution is 0.0605. The van der Waals surface area contributed by atoms with Crippen LogP contribution in [0.3, 0.4) is 0 Å². The quantitative estimate of drug-likeness (QED) is 0.238. The number of thiophene rings is 1. The second kappa shape index (κ2) is 9.04. The Labute approximate surface area is 209 Å². The molecule has 5 aromatic heterocycles. The largest absolute Gasteiger partial charge is 0.465 e. The van der Waals surface area contributed by atoms with Gasteiger partial charge in [0, 0.05) is 19.3 Å². The molecule has 0 unspecified atom stereocenters. The Balaban J connectivity index is 1.46. The first-order valence-electron chi connectivity index (χ1n) is 11.1. The summed E-state index contributed by atoms with van der Waals surface area (Å²) in [5.41, 5.74) is 3.33. The first-order valence-corrected chi connectivity index (χ1v) is 12.9. The number of carbonyl (C=O) groups is 1. The van der Waals surface area contributed by atoms with Crippen LogP contribution < -0.4 is 0 Å². The van der Waals surface area contributed by atoms with Crippen LogP contribution in [0.2, 0.25) is 0 Å². The third-order valence-corrected chi connectivity index (χ3v) is 7.76. The van der Waals surface area contributed by atoms with Gasteiger partial charge >= 0.3 is 5.97 Å². The van der Waals surface area contributed by atoms with E-state index in [1.165, 1.54) is 30.2 Å². The molecular weight excluding hydrogens is 486 g/mol. The number of nitrogens with zero attached hydrogens (tertiary/aromatic N) is 9. The molecule has 0 aliphatic carbocycles. The molecule has 0 atom stereocenters. The molecule has 0 aliphatic heterocycles. The fourth-order valence-electron chi connectivity index (χ4n) is 3.84. The maximum absolute atomic E-state index is 12.1. The molecule has 35 heavy (non-hydrogen) atoms. The molecule has 0 radical (unpaired) electrons. The van der Waals surface area contributed by atoms with Crippen LogP contribution in [-0.4, -0.2) is 57.2 Å². The van der Waals surface area contributed by atoms with E-state index in [-0.39, 0.29) is 5.97 Å². The highest BCUT2D eigenvalue weighted by Gasteiger charge is 2.22. The topological polar surface area (TPSA) is 118 Å². The van der Waals surface area contributed by atoms with Crippen molar-refractivity contribution in [2.24, 2.45) is 13.0 Å². The lowest BCUT2D eigenvalue weighted by Crippen LogP contribution is -2.08. The average molecular weight is 512 g/mol. The molecule has 13 heteroatoms. The van der Waals surface area contributed by atoms with Crippen molar-refractivity contribution >= 4 is 44.9 Å². The summed E-state index contributed by atoms with van der Waals surface area (Å²) in [6.07, 6.45) is 1.62. The molecule has 0 saturated carbocycles. The van der Waals surface area contributed by atoms with Gasteiger partial charge in [-0.05, 0) is 31.4 Å². The van der Waals surface area contributed by atoms with Gasteiger partial charge in [-0.3, -0.25) is 4.68 Å². The fourth-order valence-corrected chi connectivity index (χ4v) is 5.70. The molecule has 0 saturated heterocycles. The van der Waals surface area contributed by atoms with Crippen LogP contribution in [0, 0.1) is 19.8 Å². The first kappa shape index (κ1) is 23.4. The minimum absolute atomic E-state index is 0.373. The zero-order chi connectivity index (χ0) is 24.9. The predicted octanol–water partition coefficient (Wildman–Crippen LogP) is 3.68. The Kier molecular flexibility index (Phi) is 6.05. The van der Waals surface area contributed by atoms with E-state index in [1.807, 2.05) is 31.6 Å². The number of fused-ring (bicyclic) bond motifs is 3. The van der Waals surface area contributed by atoms with Crippen molar-refractivity contribution in [2.75, 3.05) is 7.11 Å². The van der Waals surface area contributed by atoms with Gasteiger partial charge in [0.2, 0.25) is 0 Å². The van der Waals surface area contributed by atoms with E-state index in [0.717, 1.165) is 44.7 Å². The van der Waals surface area contributed by atoms with Gasteiger partial charge in [-0.15, -0.1) is 26.6 Å². The first-order chi connectivity index (χ1) is 16.8. The molecule has 0 fully saturated rings. The standard InChI is InChI=1S/C22H25N9O2S2/c1-11(2)8-30-18(14-7-12(3)29(5)27-14)25-26-22(30)34-9-15-24-19-16-13(4)17(21(32)33-6)35-20(16)23-10-31(19)28-15/h7,10-11H,8-9H2,1-6H3. The highest BCUT2D eigenvalue weighted by molar-refractivity contribution is 7.98. The number of esters is 1. The molecule has 5 rings (SSSR count). The Morgan fingerprint density at radius 1 is 1.23 bits per heavy atom. The smallest absolute Gasteiger partial charge is 0.348 e. The number of aryl methyl sites for hydroxylation is 3. The van der Waals surface area contributed by atoms with Crippen LogP contribution in [0.25, 0.3) is 27.4 Å². The van der Waals surface area contributed by atoms with Crippen LogP contribution in [0.15, 0.2) is 17.6 Å². The Bertz CT molecular complexity index is 1540. The van der Waals surface area contributed by atoms with Crippen molar-refractivity contribution in [1.29, 1.82) is 0 Å². The van der Waals surface area contributed by atoms with Gasteiger partial charge in [-0.25, -0.2) is 19.3 Å². The number of rotatable bonds is 7. The number of methoxy groups -OCH3 is 1. The average Bonchev–Trinajstić information content (AvgIpc) is 3.57. The number of thioether (sulfide) groups is 1. The van der Waals surface area contributed by atoms with Gasteiger partial charge in [-0.1, -0.05) is 25.6 Å². The molecule has 11 nitrogen and oxygen atoms in total. The monoisotopic (exact) mass is 511 g/mol. The van der Waals surface area contributed by atoms with Gasteiger partial charge in [-0.2, -0.15) is 5.10 Å². The number of hydrogen-bond donors (Lipinski definition) is 0. The Morgan fingerprint density at radius 2 is 2.03 bits per heavy atom. The highest BCUT2D eigenvalue weighted by atomic mass is 32.2. The Hall–Kier alpha value is -3.32. The number of hydrogen-bond acceptors (Lipinski definition) is 10. The van der Waals surface area contributed by atoms with Gasteiger partial charge in [0.25, 0.3) is 0 Å². The molecule has 0 bridgehead atoms. The lowest BCUT2D eigenvalue weighted by Gasteiger charge is -2.11. The summed E-state index contributed by atoms with van der Waals surface area (Å²) in [7, 11) is 3.29. The third kappa shape index (κ3) is 4.18. The van der Waals surface area contributed by atoms with E-state index in [2.05, 4.69) is 43.8 Å². The third-order valence-electron chi connectivity index (χ3n) is 5.62. The van der Waals surface area contributed by atoms with Crippen molar-refractivity contribution in [3.8, 4) is 11.5 Å². The predicted molar refractivity (Wildman–Crippen MR) is 134 cm³/mol. The van der Waals surface area contributed by atoms with Crippen LogP contribution in [0.1, 0.15) is 40.6 Å². The van der Waals surface area contributed by atoms with Crippen LogP contribution >= 0.6 is 23.1 Å². The number of ether oxygens (including phenoxy) is 1. The zero-order valence-corrected chi connectivity index (χ0v) is 21.9. The summed E-state index contributed by atoms with van der Waals surface area (Å²) in [5.74, 6) is 1.94. The minimum Gasteiger partial charge on any atom is -0.465 e. The molecule has 0 N–H and O–H groups in total. The normalized spacial score (nSPS) is 11.9. The zero-order valence-electron chi connectivity index (χ0n) is 20.3. The molecule has 0 aromatic carbocycles. The molecule has 182 valence electrons. The molecule has 0 aliphatic rings. The molecule has 5 aromatic rings. The Morgan fingerprint density at radius 3 is 2.71 bits per heavy atom. The minimum atomic E-state index is -0.373. The highest BCUT2D eigenvalue weighted by Crippen LogP contribution is 2.33. The maximum Gasteiger partial charge on any atom is 0.348 e. The van der Waals surface area contributed by atoms with Crippen molar-refractivity contribution in [1.82, 2.24) is 44.1 Å². The summed E-state index contributed by atoms with van der Waals surface area (Å²) < 4.78 is 10.5. The van der Waals surface area contributed by atoms with Crippen molar-refractivity contribution in [3.63, 3.8) is 0 Å². The number of aromatic nitrogens is 9. The summed E-state index contributed by atoms with van der Waals surface area (Å²) >= 11 is 2.83. The summed E-state index contributed by atoms with van der Waals surface area (Å²) in [6.45, 7) is 8.99. The van der Waals surface area contributed by atoms with E-state index in [0.29, 0.717) is 28.0 Å². The van der Waals surface area contributed by atoms with E-state index in [1.54, 1.807) is 10.8 Å². The molecule has 0 spiro atoms. The SMILES string of the molecule is COC(=O)c1sc2ncn3nc(CSc4nnc(-c5cc(C)n(C)n5)n4CC(C)C)nc3c2c1C. The van der Waals surface area contributed by atoms with Crippen molar-refractivity contribution < 1.29 is 9.53 Å². The lowest BCUT2D eigenvalue weighted by atomic mass is 10.2. The van der Waals surface area contributed by atoms with Gasteiger partial charge in [0.05, 0.1) is 18.2 Å². The summed E-state index contributed by atoms with van der Waals surface area (Å²) in [5, 5.41) is 19.7. The second-order valence-electron chi connectivity index (χ2n) is 8.66. The van der Waals surface area contributed by atoms with Crippen LogP contribution in [-0.2, 0) is 24.1 Å². The molecular formula is C22H25N9O2S2. The van der Waals surface area contributed by atoms with Crippen molar-refractivity contribution in [3.05, 3.63) is 34.4 Å². The summed E-state index contributed by atoms with van der Waals surface area (Å²) in [6, 6.07) is 2.02. The van der Waals surface area contributed by atoms with Crippen LogP contribution in [0.5, 0.6) is 0 Å². The van der Waals surface area contributed by atoms with Gasteiger partial charge < -0.3 is 9.30 Å². The maximum atomic E-state index is 12.1.